The predicted molar refractivity (Wildman–Crippen MR) is 98.4 cm³/mol. The predicted octanol–water partition coefficient (Wildman–Crippen LogP) is 3.21. The van der Waals surface area contributed by atoms with E-state index in [1.54, 1.807) is 20.2 Å². The first kappa shape index (κ1) is 20.0. The standard InChI is InChI=1S/C18H26N2O3S/c1-8-13(16(21)20(5)6)19-14-11-12(9-10-18(2,3)4)24-15(14)17(22)23-7/h11,13,19H,8H2,1-7H3/t13-/m0/s1. The molecular weight excluding hydrogens is 324 g/mol. The second-order valence-electron chi connectivity index (χ2n) is 6.68. The molecule has 132 valence electrons. The van der Waals surface area contributed by atoms with Crippen molar-refractivity contribution in [2.75, 3.05) is 26.5 Å². The van der Waals surface area contributed by atoms with Gasteiger partial charge in [-0.15, -0.1) is 11.3 Å². The van der Waals surface area contributed by atoms with Crippen LogP contribution in [0.25, 0.3) is 0 Å². The van der Waals surface area contributed by atoms with Gasteiger partial charge >= 0.3 is 5.97 Å². The minimum Gasteiger partial charge on any atom is -0.465 e. The number of methoxy groups -OCH3 is 1. The molecule has 0 unspecified atom stereocenters. The molecule has 0 bridgehead atoms. The fraction of sp³-hybridized carbons (Fsp3) is 0.556. The van der Waals surface area contributed by atoms with Gasteiger partial charge in [-0.3, -0.25) is 4.79 Å². The Kier molecular flexibility index (Phi) is 6.85. The van der Waals surface area contributed by atoms with Gasteiger partial charge in [-0.25, -0.2) is 4.79 Å². The highest BCUT2D eigenvalue weighted by atomic mass is 32.1. The highest BCUT2D eigenvalue weighted by Crippen LogP contribution is 2.29. The van der Waals surface area contributed by atoms with Gasteiger partial charge in [0.05, 0.1) is 17.7 Å². The van der Waals surface area contributed by atoms with E-state index >= 15 is 0 Å². The quantitative estimate of drug-likeness (QED) is 0.654. The number of amides is 1. The molecule has 1 rings (SSSR count). The summed E-state index contributed by atoms with van der Waals surface area (Å²) >= 11 is 1.27. The molecule has 5 nitrogen and oxygen atoms in total. The van der Waals surface area contributed by atoms with Crippen molar-refractivity contribution in [3.05, 3.63) is 15.8 Å². The van der Waals surface area contributed by atoms with Gasteiger partial charge in [0, 0.05) is 19.5 Å². The zero-order chi connectivity index (χ0) is 18.5. The van der Waals surface area contributed by atoms with Gasteiger partial charge < -0.3 is 15.0 Å². The van der Waals surface area contributed by atoms with Crippen molar-refractivity contribution < 1.29 is 14.3 Å². The van der Waals surface area contributed by atoms with E-state index in [2.05, 4.69) is 17.2 Å². The molecule has 0 saturated carbocycles. The highest BCUT2D eigenvalue weighted by Gasteiger charge is 2.23. The van der Waals surface area contributed by atoms with Gasteiger partial charge in [0.15, 0.2) is 0 Å². The number of esters is 1. The van der Waals surface area contributed by atoms with E-state index in [1.165, 1.54) is 23.3 Å². The van der Waals surface area contributed by atoms with Crippen LogP contribution in [0.3, 0.4) is 0 Å². The Hall–Kier alpha value is -2.00. The van der Waals surface area contributed by atoms with Crippen LogP contribution in [0.5, 0.6) is 0 Å². The number of carbonyl (C=O) groups excluding carboxylic acids is 2. The summed E-state index contributed by atoms with van der Waals surface area (Å²) in [6, 6.07) is 1.41. The largest absolute Gasteiger partial charge is 0.465 e. The lowest BCUT2D eigenvalue weighted by atomic mass is 9.98. The van der Waals surface area contributed by atoms with Crippen LogP contribution < -0.4 is 5.32 Å². The van der Waals surface area contributed by atoms with E-state index in [-0.39, 0.29) is 11.3 Å². The number of likely N-dealkylation sites (N-methyl/N-ethyl adjacent to an activating group) is 1. The molecule has 0 saturated heterocycles. The molecule has 0 fully saturated rings. The lowest BCUT2D eigenvalue weighted by Crippen LogP contribution is -2.38. The molecule has 0 aliphatic heterocycles. The fourth-order valence-corrected chi connectivity index (χ4v) is 2.78. The lowest BCUT2D eigenvalue weighted by Gasteiger charge is -2.21. The summed E-state index contributed by atoms with van der Waals surface area (Å²) in [7, 11) is 4.76. The van der Waals surface area contributed by atoms with Crippen LogP contribution in [-0.4, -0.2) is 44.0 Å². The van der Waals surface area contributed by atoms with Crippen LogP contribution in [0.15, 0.2) is 6.07 Å². The van der Waals surface area contributed by atoms with Crippen molar-refractivity contribution in [1.29, 1.82) is 0 Å². The topological polar surface area (TPSA) is 58.6 Å². The summed E-state index contributed by atoms with van der Waals surface area (Å²) in [5.41, 5.74) is 0.461. The first-order chi connectivity index (χ1) is 11.1. The number of nitrogens with zero attached hydrogens (tertiary/aromatic N) is 1. The number of hydrogen-bond acceptors (Lipinski definition) is 5. The molecule has 0 spiro atoms. The molecule has 1 N–H and O–H groups in total. The number of hydrogen-bond donors (Lipinski definition) is 1. The Balaban J connectivity index is 3.19. The molecule has 0 aliphatic rings. The first-order valence-electron chi connectivity index (χ1n) is 7.82. The van der Waals surface area contributed by atoms with E-state index < -0.39 is 12.0 Å². The zero-order valence-electron chi connectivity index (χ0n) is 15.4. The third kappa shape index (κ3) is 5.57. The van der Waals surface area contributed by atoms with Crippen molar-refractivity contribution >= 4 is 28.9 Å². The number of ether oxygens (including phenoxy) is 1. The second kappa shape index (κ2) is 8.20. The number of nitrogens with one attached hydrogen (secondary N) is 1. The normalized spacial score (nSPS) is 12.0. The SMILES string of the molecule is CC[C@H](Nc1cc(C#CC(C)(C)C)sc1C(=O)OC)C(=O)N(C)C. The van der Waals surface area contributed by atoms with E-state index in [0.29, 0.717) is 17.0 Å². The minimum absolute atomic E-state index is 0.0400. The lowest BCUT2D eigenvalue weighted by molar-refractivity contribution is -0.129. The van der Waals surface area contributed by atoms with Crippen LogP contribution in [0, 0.1) is 17.3 Å². The number of anilines is 1. The molecule has 1 aromatic heterocycles. The molecule has 0 aromatic carbocycles. The van der Waals surface area contributed by atoms with Crippen LogP contribution in [0.4, 0.5) is 5.69 Å². The van der Waals surface area contributed by atoms with Gasteiger partial charge in [-0.1, -0.05) is 18.8 Å². The maximum absolute atomic E-state index is 12.2. The van der Waals surface area contributed by atoms with Gasteiger partial charge in [-0.2, -0.15) is 0 Å². The van der Waals surface area contributed by atoms with E-state index in [0.717, 1.165) is 4.88 Å². The Morgan fingerprint density at radius 3 is 2.46 bits per heavy atom. The molecule has 1 amide bonds. The average molecular weight is 350 g/mol. The molecule has 0 radical (unpaired) electrons. The van der Waals surface area contributed by atoms with E-state index in [9.17, 15) is 9.59 Å². The molecule has 1 atom stereocenters. The van der Waals surface area contributed by atoms with Crippen LogP contribution in [-0.2, 0) is 9.53 Å². The number of thiophene rings is 1. The Labute approximate surface area is 148 Å². The van der Waals surface area contributed by atoms with Crippen molar-refractivity contribution in [3.63, 3.8) is 0 Å². The molecule has 24 heavy (non-hydrogen) atoms. The summed E-state index contributed by atoms with van der Waals surface area (Å²) in [4.78, 5) is 27.0. The van der Waals surface area contributed by atoms with E-state index in [1.807, 2.05) is 27.7 Å². The molecule has 6 heteroatoms. The van der Waals surface area contributed by atoms with Crippen LogP contribution >= 0.6 is 11.3 Å². The summed E-state index contributed by atoms with van der Waals surface area (Å²) in [6.07, 6.45) is 0.608. The third-order valence-electron chi connectivity index (χ3n) is 3.14. The average Bonchev–Trinajstić information content (AvgIpc) is 2.91. The van der Waals surface area contributed by atoms with Crippen molar-refractivity contribution in [1.82, 2.24) is 4.90 Å². The van der Waals surface area contributed by atoms with Gasteiger partial charge in [-0.05, 0) is 33.3 Å². The Morgan fingerprint density at radius 1 is 1.38 bits per heavy atom. The third-order valence-corrected chi connectivity index (χ3v) is 4.17. The van der Waals surface area contributed by atoms with Gasteiger partial charge in [0.1, 0.15) is 10.9 Å². The van der Waals surface area contributed by atoms with Crippen molar-refractivity contribution in [2.24, 2.45) is 5.41 Å². The Morgan fingerprint density at radius 2 is 2.00 bits per heavy atom. The summed E-state index contributed by atoms with van der Waals surface area (Å²) in [6.45, 7) is 7.99. The van der Waals surface area contributed by atoms with Crippen LogP contribution in [0.2, 0.25) is 0 Å². The number of rotatable bonds is 5. The van der Waals surface area contributed by atoms with Crippen LogP contribution in [0.1, 0.15) is 48.7 Å². The summed E-state index contributed by atoms with van der Waals surface area (Å²) in [5.74, 6) is 5.77. The minimum atomic E-state index is -0.432. The zero-order valence-corrected chi connectivity index (χ0v) is 16.3. The maximum atomic E-state index is 12.2. The Bertz CT molecular complexity index is 660. The maximum Gasteiger partial charge on any atom is 0.350 e. The van der Waals surface area contributed by atoms with E-state index in [4.69, 9.17) is 4.74 Å². The van der Waals surface area contributed by atoms with Crippen molar-refractivity contribution in [2.45, 2.75) is 40.2 Å². The summed E-state index contributed by atoms with van der Waals surface area (Å²) in [5, 5.41) is 3.16. The van der Waals surface area contributed by atoms with Crippen molar-refractivity contribution in [3.8, 4) is 11.8 Å². The smallest absolute Gasteiger partial charge is 0.350 e. The molecule has 0 aliphatic carbocycles. The number of carbonyl (C=O) groups is 2. The molecular formula is C18H26N2O3S. The van der Waals surface area contributed by atoms with Gasteiger partial charge in [0.25, 0.3) is 0 Å². The first-order valence-corrected chi connectivity index (χ1v) is 8.63. The molecule has 1 heterocycles. The molecule has 1 aromatic rings. The van der Waals surface area contributed by atoms with Gasteiger partial charge in [0.2, 0.25) is 5.91 Å². The highest BCUT2D eigenvalue weighted by molar-refractivity contribution is 7.15. The fourth-order valence-electron chi connectivity index (χ4n) is 1.89. The monoisotopic (exact) mass is 350 g/mol. The second-order valence-corrected chi connectivity index (χ2v) is 7.74. The summed E-state index contributed by atoms with van der Waals surface area (Å²) < 4.78 is 4.85.